The van der Waals surface area contributed by atoms with Crippen molar-refractivity contribution in [3.8, 4) is 0 Å². The number of aromatic carboxylic acids is 1. The van der Waals surface area contributed by atoms with E-state index >= 15 is 0 Å². The van der Waals surface area contributed by atoms with Crippen molar-refractivity contribution < 1.29 is 14.6 Å². The van der Waals surface area contributed by atoms with Crippen molar-refractivity contribution in [1.29, 1.82) is 0 Å². The van der Waals surface area contributed by atoms with E-state index in [1.165, 1.54) is 0 Å². The topological polar surface area (TPSA) is 70.9 Å². The highest BCUT2D eigenvalue weighted by Crippen LogP contribution is 2.10. The summed E-state index contributed by atoms with van der Waals surface area (Å²) in [5.41, 5.74) is 1.08. The Hall–Kier alpha value is -1.88. The van der Waals surface area contributed by atoms with Gasteiger partial charge in [-0.25, -0.2) is 4.79 Å². The summed E-state index contributed by atoms with van der Waals surface area (Å²) in [4.78, 5) is 14.9. The highest BCUT2D eigenvalue weighted by atomic mass is 16.5. The molecule has 0 unspecified atom stereocenters. The molecule has 5 heteroatoms. The van der Waals surface area contributed by atoms with Gasteiger partial charge >= 0.3 is 5.97 Å². The van der Waals surface area contributed by atoms with Crippen molar-refractivity contribution in [2.45, 2.75) is 0 Å². The van der Waals surface area contributed by atoms with Gasteiger partial charge < -0.3 is 15.2 Å². The van der Waals surface area contributed by atoms with Crippen LogP contribution in [0.1, 0.15) is 10.4 Å². The fourth-order valence-electron chi connectivity index (χ4n) is 1.40. The van der Waals surface area contributed by atoms with Crippen molar-refractivity contribution in [3.63, 3.8) is 0 Å². The van der Waals surface area contributed by atoms with Crippen LogP contribution < -0.4 is 5.32 Å². The molecular formula is C11H12N2O3. The summed E-state index contributed by atoms with van der Waals surface area (Å²) in [5, 5.41) is 11.8. The Bertz CT molecular complexity index is 412. The number of hydrogen-bond donors (Lipinski definition) is 2. The Kier molecular flexibility index (Phi) is 3.16. The normalized spacial score (nSPS) is 15.4. The molecular weight excluding hydrogens is 208 g/mol. The van der Waals surface area contributed by atoms with Gasteiger partial charge in [0.1, 0.15) is 12.4 Å². The van der Waals surface area contributed by atoms with E-state index in [1.807, 2.05) is 0 Å². The zero-order valence-corrected chi connectivity index (χ0v) is 8.64. The van der Waals surface area contributed by atoms with E-state index in [4.69, 9.17) is 9.84 Å². The van der Waals surface area contributed by atoms with Crippen LogP contribution in [0.3, 0.4) is 0 Å². The zero-order valence-electron chi connectivity index (χ0n) is 8.64. The Labute approximate surface area is 92.8 Å². The van der Waals surface area contributed by atoms with E-state index in [1.54, 1.807) is 24.3 Å². The van der Waals surface area contributed by atoms with E-state index < -0.39 is 5.97 Å². The number of aliphatic imine (C=N–C) groups is 1. The number of ether oxygens (including phenoxy) is 1. The third-order valence-corrected chi connectivity index (χ3v) is 2.20. The molecule has 0 radical (unpaired) electrons. The molecule has 1 aliphatic rings. The van der Waals surface area contributed by atoms with E-state index in [0.29, 0.717) is 19.8 Å². The minimum atomic E-state index is -0.926. The van der Waals surface area contributed by atoms with Gasteiger partial charge in [-0.2, -0.15) is 0 Å². The lowest BCUT2D eigenvalue weighted by atomic mass is 10.2. The molecule has 0 aliphatic carbocycles. The summed E-state index contributed by atoms with van der Waals surface area (Å²) in [6, 6.07) is 6.52. The lowest BCUT2D eigenvalue weighted by Gasteiger charge is -2.14. The van der Waals surface area contributed by atoms with Crippen LogP contribution in [0.2, 0.25) is 0 Å². The first-order valence-corrected chi connectivity index (χ1v) is 4.97. The fourth-order valence-corrected chi connectivity index (χ4v) is 1.40. The van der Waals surface area contributed by atoms with Crippen molar-refractivity contribution in [1.82, 2.24) is 0 Å². The lowest BCUT2D eigenvalue weighted by molar-refractivity contribution is 0.0697. The minimum absolute atomic E-state index is 0.271. The maximum absolute atomic E-state index is 10.6. The molecule has 1 aromatic carbocycles. The number of carboxylic acid groups (broad SMARTS) is 1. The van der Waals surface area contributed by atoms with Crippen LogP contribution in [0.15, 0.2) is 29.3 Å². The molecule has 0 bridgehead atoms. The smallest absolute Gasteiger partial charge is 0.335 e. The number of carboxylic acids is 1. The molecule has 2 rings (SSSR count). The second-order valence-corrected chi connectivity index (χ2v) is 3.39. The number of benzene rings is 1. The zero-order chi connectivity index (χ0) is 11.4. The molecule has 1 heterocycles. The van der Waals surface area contributed by atoms with Crippen molar-refractivity contribution in [2.75, 3.05) is 25.1 Å². The summed E-state index contributed by atoms with van der Waals surface area (Å²) in [6.45, 7) is 1.79. The van der Waals surface area contributed by atoms with Gasteiger partial charge in [0.2, 0.25) is 0 Å². The van der Waals surface area contributed by atoms with Gasteiger partial charge in [-0.15, -0.1) is 0 Å². The number of hydrogen-bond acceptors (Lipinski definition) is 4. The quantitative estimate of drug-likeness (QED) is 0.786. The molecule has 0 saturated carbocycles. The molecule has 1 aromatic rings. The monoisotopic (exact) mass is 220 g/mol. The van der Waals surface area contributed by atoms with Gasteiger partial charge in [0.15, 0.2) is 0 Å². The van der Waals surface area contributed by atoms with Crippen LogP contribution in [-0.2, 0) is 4.74 Å². The molecule has 0 aromatic heterocycles. The number of anilines is 1. The lowest BCUT2D eigenvalue weighted by Crippen LogP contribution is -2.24. The Balaban J connectivity index is 2.04. The third-order valence-electron chi connectivity index (χ3n) is 2.20. The maximum Gasteiger partial charge on any atom is 0.335 e. The largest absolute Gasteiger partial charge is 0.478 e. The van der Waals surface area contributed by atoms with Crippen LogP contribution in [0.25, 0.3) is 0 Å². The Morgan fingerprint density at radius 1 is 1.38 bits per heavy atom. The third kappa shape index (κ3) is 2.58. The molecule has 0 fully saturated rings. The first-order chi connectivity index (χ1) is 7.75. The molecule has 1 aliphatic heterocycles. The molecule has 0 saturated heterocycles. The Morgan fingerprint density at radius 2 is 2.12 bits per heavy atom. The molecule has 0 spiro atoms. The first kappa shape index (κ1) is 10.6. The van der Waals surface area contributed by atoms with Crippen molar-refractivity contribution >= 4 is 17.5 Å². The number of nitrogens with one attached hydrogen (secondary N) is 1. The van der Waals surface area contributed by atoms with Crippen molar-refractivity contribution in [3.05, 3.63) is 29.8 Å². The summed E-state index contributed by atoms with van der Waals surface area (Å²) < 4.78 is 5.23. The van der Waals surface area contributed by atoms with Gasteiger partial charge in [-0.3, -0.25) is 4.99 Å². The number of nitrogens with zero attached hydrogens (tertiary/aromatic N) is 1. The van der Waals surface area contributed by atoms with Gasteiger partial charge in [0.25, 0.3) is 0 Å². The van der Waals surface area contributed by atoms with Crippen LogP contribution in [0.4, 0.5) is 5.69 Å². The van der Waals surface area contributed by atoms with E-state index in [9.17, 15) is 4.79 Å². The van der Waals surface area contributed by atoms with Gasteiger partial charge in [0, 0.05) is 5.69 Å². The average molecular weight is 220 g/mol. The molecule has 2 N–H and O–H groups in total. The number of amidine groups is 1. The average Bonchev–Trinajstić information content (AvgIpc) is 2.31. The van der Waals surface area contributed by atoms with E-state index in [2.05, 4.69) is 10.3 Å². The summed E-state index contributed by atoms with van der Waals surface area (Å²) >= 11 is 0. The molecule has 5 nitrogen and oxygen atoms in total. The minimum Gasteiger partial charge on any atom is -0.478 e. The molecule has 16 heavy (non-hydrogen) atoms. The Morgan fingerprint density at radius 3 is 2.69 bits per heavy atom. The van der Waals surface area contributed by atoms with E-state index in [0.717, 1.165) is 11.5 Å². The van der Waals surface area contributed by atoms with Gasteiger partial charge in [0.05, 0.1) is 18.7 Å². The number of carbonyl (C=O) groups is 1. The predicted octanol–water partition coefficient (Wildman–Crippen LogP) is 1.23. The van der Waals surface area contributed by atoms with Crippen LogP contribution >= 0.6 is 0 Å². The van der Waals surface area contributed by atoms with Crippen molar-refractivity contribution in [2.24, 2.45) is 4.99 Å². The highest BCUT2D eigenvalue weighted by molar-refractivity contribution is 5.97. The SMILES string of the molecule is O=C(O)c1ccc(NC2=NCCOC2)cc1. The maximum atomic E-state index is 10.6. The molecule has 0 atom stereocenters. The summed E-state index contributed by atoms with van der Waals surface area (Å²) in [6.07, 6.45) is 0. The number of rotatable bonds is 2. The standard InChI is InChI=1S/C11H12N2O3/c14-11(15)8-1-3-9(4-2-8)13-10-7-16-6-5-12-10/h1-4H,5-7H2,(H,12,13)(H,14,15). The second-order valence-electron chi connectivity index (χ2n) is 3.39. The van der Waals surface area contributed by atoms with Gasteiger partial charge in [-0.05, 0) is 24.3 Å². The fraction of sp³-hybridized carbons (Fsp3) is 0.273. The molecule has 0 amide bonds. The predicted molar refractivity (Wildman–Crippen MR) is 60.1 cm³/mol. The first-order valence-electron chi connectivity index (χ1n) is 4.97. The second kappa shape index (κ2) is 4.76. The van der Waals surface area contributed by atoms with Gasteiger partial charge in [-0.1, -0.05) is 0 Å². The highest BCUT2D eigenvalue weighted by Gasteiger charge is 2.06. The summed E-state index contributed by atoms with van der Waals surface area (Å²) in [7, 11) is 0. The van der Waals surface area contributed by atoms with E-state index in [-0.39, 0.29) is 5.56 Å². The van der Waals surface area contributed by atoms with Crippen LogP contribution in [0, 0.1) is 0 Å². The van der Waals surface area contributed by atoms with Crippen LogP contribution in [-0.4, -0.2) is 36.7 Å². The molecule has 84 valence electrons. The summed E-state index contributed by atoms with van der Waals surface area (Å²) in [5.74, 6) is -0.154. The van der Waals surface area contributed by atoms with Crippen LogP contribution in [0.5, 0.6) is 0 Å².